The average Bonchev–Trinajstić information content (AvgIpc) is 3.46. The first-order valence-electron chi connectivity index (χ1n) is 11.7. The number of carbonyl (C=O) groups is 2. The summed E-state index contributed by atoms with van der Waals surface area (Å²) in [5.41, 5.74) is -0.287. The number of halogens is 4. The summed E-state index contributed by atoms with van der Waals surface area (Å²) in [5, 5.41) is 18.1. The van der Waals surface area contributed by atoms with E-state index in [0.29, 0.717) is 47.9 Å². The van der Waals surface area contributed by atoms with Crippen molar-refractivity contribution in [3.63, 3.8) is 0 Å². The van der Waals surface area contributed by atoms with E-state index >= 15 is 0 Å². The molecular formula is C26H22F4N4O4. The van der Waals surface area contributed by atoms with Crippen molar-refractivity contribution in [2.24, 2.45) is 5.92 Å². The Kier molecular flexibility index (Phi) is 6.33. The number of anilines is 2. The number of hydrogen-bond donors (Lipinski definition) is 4. The average molecular weight is 530 g/mol. The molecule has 1 fully saturated rings. The van der Waals surface area contributed by atoms with Gasteiger partial charge in [-0.3, -0.25) is 4.79 Å². The first kappa shape index (κ1) is 25.3. The Morgan fingerprint density at radius 1 is 1.16 bits per heavy atom. The van der Waals surface area contributed by atoms with Gasteiger partial charge in [-0.1, -0.05) is 6.92 Å². The molecule has 0 spiro atoms. The minimum atomic E-state index is -4.76. The van der Waals surface area contributed by atoms with E-state index < -0.39 is 29.6 Å². The Morgan fingerprint density at radius 3 is 2.71 bits per heavy atom. The highest BCUT2D eigenvalue weighted by molar-refractivity contribution is 5.93. The zero-order chi connectivity index (χ0) is 27.2. The second kappa shape index (κ2) is 9.51. The summed E-state index contributed by atoms with van der Waals surface area (Å²) in [6.07, 6.45) is -2.48. The first-order chi connectivity index (χ1) is 18.0. The molecule has 198 valence electrons. The normalized spacial score (nSPS) is 20.2. The van der Waals surface area contributed by atoms with Gasteiger partial charge in [0, 0.05) is 41.4 Å². The lowest BCUT2D eigenvalue weighted by molar-refractivity contribution is -0.137. The number of phenolic OH excluding ortho intramolecular Hbond substituents is 1. The number of ether oxygens (including phenoxy) is 1. The summed E-state index contributed by atoms with van der Waals surface area (Å²) in [6, 6.07) is 6.91. The number of alkyl halides is 3. The van der Waals surface area contributed by atoms with Gasteiger partial charge in [-0.15, -0.1) is 0 Å². The Hall–Kier alpha value is -4.35. The first-order valence-corrected chi connectivity index (χ1v) is 11.7. The Balaban J connectivity index is 1.28. The molecule has 3 aromatic rings. The fourth-order valence-electron chi connectivity index (χ4n) is 4.65. The highest BCUT2D eigenvalue weighted by atomic mass is 19.4. The standard InChI is InChI=1S/C26H22F4N4O4/c1-12-22(23(12)34-25(37)32-15-9-13(26(28,29)30)8-14(27)10-15)18-11-16(2-4-19(18)35)38-20-6-7-31-24-17(20)3-5-21(36)33-24/h2,4,6-12,22-23,35H,3,5H2,1H3,(H,31,33,36)(H2,32,34,37)/t12-,22-,23-/m0/s1. The molecule has 8 nitrogen and oxygen atoms in total. The number of carbonyl (C=O) groups excluding carboxylic acids is 2. The van der Waals surface area contributed by atoms with Gasteiger partial charge in [0.1, 0.15) is 28.9 Å². The van der Waals surface area contributed by atoms with Crippen molar-refractivity contribution in [3.8, 4) is 17.2 Å². The maximum Gasteiger partial charge on any atom is 0.416 e. The molecule has 12 heteroatoms. The predicted molar refractivity (Wildman–Crippen MR) is 129 cm³/mol. The van der Waals surface area contributed by atoms with Gasteiger partial charge in [0.2, 0.25) is 5.91 Å². The van der Waals surface area contributed by atoms with Crippen LogP contribution in [0.2, 0.25) is 0 Å². The van der Waals surface area contributed by atoms with E-state index in [1.807, 2.05) is 6.92 Å². The topological polar surface area (TPSA) is 113 Å². The summed E-state index contributed by atoms with van der Waals surface area (Å²) in [5.74, 6) is -0.308. The zero-order valence-corrected chi connectivity index (χ0v) is 19.9. The number of nitrogens with zero attached hydrogens (tertiary/aromatic N) is 1. The van der Waals surface area contributed by atoms with Crippen molar-refractivity contribution >= 4 is 23.4 Å². The number of aromatic hydroxyl groups is 1. The van der Waals surface area contributed by atoms with Crippen molar-refractivity contribution in [3.05, 3.63) is 71.2 Å². The molecule has 1 aliphatic carbocycles. The molecule has 0 unspecified atom stereocenters. The van der Waals surface area contributed by atoms with Crippen LogP contribution in [0.15, 0.2) is 48.7 Å². The zero-order valence-electron chi connectivity index (χ0n) is 19.9. The molecule has 0 bridgehead atoms. The van der Waals surface area contributed by atoms with E-state index in [-0.39, 0.29) is 29.2 Å². The molecule has 2 aromatic carbocycles. The molecule has 3 amide bonds. The lowest BCUT2D eigenvalue weighted by Crippen LogP contribution is -2.32. The third-order valence-electron chi connectivity index (χ3n) is 6.62. The lowest BCUT2D eigenvalue weighted by atomic mass is 10.1. The van der Waals surface area contributed by atoms with Crippen LogP contribution in [0.3, 0.4) is 0 Å². The van der Waals surface area contributed by atoms with Gasteiger partial charge in [-0.25, -0.2) is 14.2 Å². The molecule has 0 radical (unpaired) electrons. The number of rotatable bonds is 5. The van der Waals surface area contributed by atoms with Crippen LogP contribution in [-0.4, -0.2) is 28.1 Å². The molecule has 5 rings (SSSR count). The second-order valence-corrected chi connectivity index (χ2v) is 9.24. The number of nitrogens with one attached hydrogen (secondary N) is 3. The van der Waals surface area contributed by atoms with Crippen LogP contribution in [0, 0.1) is 11.7 Å². The van der Waals surface area contributed by atoms with Gasteiger partial charge in [0.05, 0.1) is 5.56 Å². The van der Waals surface area contributed by atoms with Crippen LogP contribution in [0.5, 0.6) is 17.2 Å². The highest BCUT2D eigenvalue weighted by Crippen LogP contribution is 2.51. The van der Waals surface area contributed by atoms with E-state index in [4.69, 9.17) is 4.74 Å². The maximum absolute atomic E-state index is 13.6. The van der Waals surface area contributed by atoms with Crippen LogP contribution >= 0.6 is 0 Å². The van der Waals surface area contributed by atoms with Crippen LogP contribution < -0.4 is 20.7 Å². The van der Waals surface area contributed by atoms with Crippen molar-refractivity contribution in [2.75, 3.05) is 10.6 Å². The van der Waals surface area contributed by atoms with Gasteiger partial charge < -0.3 is 25.8 Å². The van der Waals surface area contributed by atoms with Gasteiger partial charge in [-0.05, 0) is 54.8 Å². The van der Waals surface area contributed by atoms with Crippen LogP contribution in [0.1, 0.15) is 36.0 Å². The number of fused-ring (bicyclic) bond motifs is 1. The highest BCUT2D eigenvalue weighted by Gasteiger charge is 2.50. The number of urea groups is 1. The largest absolute Gasteiger partial charge is 0.508 e. The van der Waals surface area contributed by atoms with Crippen molar-refractivity contribution in [2.45, 2.75) is 37.9 Å². The van der Waals surface area contributed by atoms with Crippen molar-refractivity contribution < 1.29 is 37.0 Å². The Bertz CT molecular complexity index is 1430. The van der Waals surface area contributed by atoms with Gasteiger partial charge >= 0.3 is 12.2 Å². The minimum absolute atomic E-state index is 0.0112. The summed E-state index contributed by atoms with van der Waals surface area (Å²) in [7, 11) is 0. The van der Waals surface area contributed by atoms with Crippen LogP contribution in [0.25, 0.3) is 0 Å². The van der Waals surface area contributed by atoms with E-state index in [2.05, 4.69) is 20.9 Å². The Labute approximate surface area is 214 Å². The molecule has 1 aromatic heterocycles. The molecule has 2 heterocycles. The fraction of sp³-hybridized carbons (Fsp3) is 0.269. The lowest BCUT2D eigenvalue weighted by Gasteiger charge is -2.19. The SMILES string of the molecule is C[C@@H]1[C@H](NC(=O)Nc2cc(F)cc(C(F)(F)F)c2)[C@@H]1c1cc(Oc2ccnc3c2CCC(=O)N3)ccc1O. The van der Waals surface area contributed by atoms with Gasteiger partial charge in [-0.2, -0.15) is 13.2 Å². The van der Waals surface area contributed by atoms with Crippen LogP contribution in [0.4, 0.5) is 33.9 Å². The van der Waals surface area contributed by atoms with E-state index in [1.54, 1.807) is 18.2 Å². The van der Waals surface area contributed by atoms with Crippen LogP contribution in [-0.2, 0) is 17.4 Å². The molecule has 1 aliphatic heterocycles. The molecule has 3 atom stereocenters. The summed E-state index contributed by atoms with van der Waals surface area (Å²) in [6.45, 7) is 1.84. The molecule has 38 heavy (non-hydrogen) atoms. The van der Waals surface area contributed by atoms with Gasteiger partial charge in [0.15, 0.2) is 0 Å². The molecule has 4 N–H and O–H groups in total. The summed E-state index contributed by atoms with van der Waals surface area (Å²) in [4.78, 5) is 28.3. The monoisotopic (exact) mass is 530 g/mol. The van der Waals surface area contributed by atoms with Gasteiger partial charge in [0.25, 0.3) is 0 Å². The third-order valence-corrected chi connectivity index (χ3v) is 6.62. The van der Waals surface area contributed by atoms with E-state index in [0.717, 1.165) is 11.6 Å². The molecule has 1 saturated carbocycles. The smallest absolute Gasteiger partial charge is 0.416 e. The number of pyridine rings is 1. The molecule has 0 saturated heterocycles. The quantitative estimate of drug-likeness (QED) is 0.324. The van der Waals surface area contributed by atoms with E-state index in [1.165, 1.54) is 12.3 Å². The van der Waals surface area contributed by atoms with Crippen molar-refractivity contribution in [1.29, 1.82) is 0 Å². The second-order valence-electron chi connectivity index (χ2n) is 9.24. The number of aromatic nitrogens is 1. The fourth-order valence-corrected chi connectivity index (χ4v) is 4.65. The molecular weight excluding hydrogens is 508 g/mol. The minimum Gasteiger partial charge on any atom is -0.508 e. The molecule has 2 aliphatic rings. The summed E-state index contributed by atoms with van der Waals surface area (Å²) >= 11 is 0. The number of hydrogen-bond acceptors (Lipinski definition) is 5. The van der Waals surface area contributed by atoms with E-state index in [9.17, 15) is 32.3 Å². The number of benzene rings is 2. The Morgan fingerprint density at radius 2 is 1.95 bits per heavy atom. The number of phenols is 1. The third kappa shape index (κ3) is 5.20. The summed E-state index contributed by atoms with van der Waals surface area (Å²) < 4.78 is 58.5. The van der Waals surface area contributed by atoms with Crippen molar-refractivity contribution in [1.82, 2.24) is 10.3 Å². The number of amides is 3. The maximum atomic E-state index is 13.6. The predicted octanol–water partition coefficient (Wildman–Crippen LogP) is 5.55.